The SMILES string of the molecule is CC=CC(=O)OCC1=C[C@@H](O)[C@@H](O)[C@@H](O)C1=O. The number of hydrogen-bond acceptors (Lipinski definition) is 6. The Morgan fingerprint density at radius 1 is 1.47 bits per heavy atom. The van der Waals surface area contributed by atoms with Crippen LogP contribution in [-0.2, 0) is 14.3 Å². The van der Waals surface area contributed by atoms with Gasteiger partial charge in [-0.3, -0.25) is 4.79 Å². The van der Waals surface area contributed by atoms with Crippen LogP contribution in [0.15, 0.2) is 23.8 Å². The number of ketones is 1. The van der Waals surface area contributed by atoms with Crippen molar-refractivity contribution in [3.8, 4) is 0 Å². The Balaban J connectivity index is 2.68. The fraction of sp³-hybridized carbons (Fsp3) is 0.455. The summed E-state index contributed by atoms with van der Waals surface area (Å²) in [6.45, 7) is 1.29. The van der Waals surface area contributed by atoms with Gasteiger partial charge in [0.25, 0.3) is 0 Å². The third-order valence-corrected chi connectivity index (χ3v) is 2.30. The van der Waals surface area contributed by atoms with Gasteiger partial charge in [0.2, 0.25) is 0 Å². The molecule has 0 aromatic carbocycles. The lowest BCUT2D eigenvalue weighted by molar-refractivity contribution is -0.140. The number of allylic oxidation sites excluding steroid dienone is 1. The normalized spacial score (nSPS) is 29.3. The topological polar surface area (TPSA) is 104 Å². The van der Waals surface area contributed by atoms with Crippen LogP contribution in [0.3, 0.4) is 0 Å². The van der Waals surface area contributed by atoms with E-state index in [0.717, 1.165) is 6.08 Å². The van der Waals surface area contributed by atoms with Crippen molar-refractivity contribution in [3.63, 3.8) is 0 Å². The fourth-order valence-corrected chi connectivity index (χ4v) is 1.37. The molecule has 0 amide bonds. The third-order valence-electron chi connectivity index (χ3n) is 2.30. The summed E-state index contributed by atoms with van der Waals surface area (Å²) >= 11 is 0. The Kier molecular flexibility index (Phi) is 4.56. The van der Waals surface area contributed by atoms with Gasteiger partial charge in [-0.05, 0) is 13.0 Å². The number of aliphatic hydroxyl groups is 3. The molecular weight excluding hydrogens is 228 g/mol. The molecule has 3 N–H and O–H groups in total. The zero-order valence-corrected chi connectivity index (χ0v) is 9.24. The molecule has 0 radical (unpaired) electrons. The second-order valence-electron chi connectivity index (χ2n) is 3.59. The van der Waals surface area contributed by atoms with Gasteiger partial charge in [-0.25, -0.2) is 4.79 Å². The van der Waals surface area contributed by atoms with Gasteiger partial charge in [0.1, 0.15) is 24.9 Å². The second kappa shape index (κ2) is 5.72. The van der Waals surface area contributed by atoms with Gasteiger partial charge in [0.15, 0.2) is 5.78 Å². The van der Waals surface area contributed by atoms with E-state index in [-0.39, 0.29) is 12.2 Å². The van der Waals surface area contributed by atoms with E-state index in [1.165, 1.54) is 12.2 Å². The number of esters is 1. The van der Waals surface area contributed by atoms with Crippen LogP contribution in [-0.4, -0.2) is 52.0 Å². The molecule has 0 aromatic heterocycles. The largest absolute Gasteiger partial charge is 0.458 e. The van der Waals surface area contributed by atoms with E-state index in [0.29, 0.717) is 0 Å². The Hall–Kier alpha value is -1.50. The minimum absolute atomic E-state index is 0.0341. The second-order valence-corrected chi connectivity index (χ2v) is 3.59. The van der Waals surface area contributed by atoms with Crippen molar-refractivity contribution in [3.05, 3.63) is 23.8 Å². The van der Waals surface area contributed by atoms with E-state index >= 15 is 0 Å². The predicted octanol–water partition coefficient (Wildman–Crippen LogP) is -1.30. The minimum atomic E-state index is -1.69. The molecule has 3 atom stereocenters. The third kappa shape index (κ3) is 3.23. The first-order valence-corrected chi connectivity index (χ1v) is 5.06. The zero-order chi connectivity index (χ0) is 13.0. The van der Waals surface area contributed by atoms with Crippen LogP contribution in [0.5, 0.6) is 0 Å². The fourth-order valence-electron chi connectivity index (χ4n) is 1.37. The number of carbonyl (C=O) groups excluding carboxylic acids is 2. The highest BCUT2D eigenvalue weighted by Crippen LogP contribution is 2.16. The van der Waals surface area contributed by atoms with Gasteiger partial charge in [-0.1, -0.05) is 6.08 Å². The highest BCUT2D eigenvalue weighted by Gasteiger charge is 2.36. The van der Waals surface area contributed by atoms with Crippen LogP contribution in [0.1, 0.15) is 6.92 Å². The van der Waals surface area contributed by atoms with Gasteiger partial charge >= 0.3 is 5.97 Å². The highest BCUT2D eigenvalue weighted by atomic mass is 16.5. The maximum atomic E-state index is 11.5. The zero-order valence-electron chi connectivity index (χ0n) is 9.24. The number of Topliss-reactive ketones (excluding diaryl/α,β-unsaturated/α-hetero) is 1. The molecule has 0 bridgehead atoms. The summed E-state index contributed by atoms with van der Waals surface area (Å²) in [5, 5.41) is 27.8. The summed E-state index contributed by atoms with van der Waals surface area (Å²) < 4.78 is 4.71. The molecule has 1 rings (SSSR count). The number of ether oxygens (including phenoxy) is 1. The van der Waals surface area contributed by atoms with Gasteiger partial charge in [0.05, 0.1) is 0 Å². The van der Waals surface area contributed by atoms with E-state index in [1.54, 1.807) is 6.92 Å². The van der Waals surface area contributed by atoms with Crippen LogP contribution >= 0.6 is 0 Å². The predicted molar refractivity (Wildman–Crippen MR) is 56.9 cm³/mol. The molecule has 0 spiro atoms. The molecule has 17 heavy (non-hydrogen) atoms. The molecule has 0 heterocycles. The standard InChI is InChI=1S/C11H14O6/c1-2-3-8(13)17-5-6-4-7(12)10(15)11(16)9(6)14/h2-4,7,10-12,15-16H,5H2,1H3/t7-,10-,11+/m1/s1. The Bertz CT molecular complexity index is 370. The van der Waals surface area contributed by atoms with Crippen LogP contribution in [0, 0.1) is 0 Å². The van der Waals surface area contributed by atoms with Crippen LogP contribution in [0.25, 0.3) is 0 Å². The molecule has 0 unspecified atom stereocenters. The average Bonchev–Trinajstić information content (AvgIpc) is 2.30. The molecule has 1 aliphatic carbocycles. The van der Waals surface area contributed by atoms with Crippen molar-refractivity contribution in [1.82, 2.24) is 0 Å². The first-order valence-electron chi connectivity index (χ1n) is 5.06. The molecule has 0 saturated carbocycles. The summed E-state index contributed by atoms with van der Waals surface area (Å²) in [7, 11) is 0. The maximum absolute atomic E-state index is 11.5. The number of rotatable bonds is 3. The molecule has 0 aromatic rings. The lowest BCUT2D eigenvalue weighted by atomic mass is 9.91. The van der Waals surface area contributed by atoms with Crippen LogP contribution in [0.2, 0.25) is 0 Å². The first kappa shape index (κ1) is 13.6. The molecule has 6 nitrogen and oxygen atoms in total. The van der Waals surface area contributed by atoms with Crippen molar-refractivity contribution in [2.75, 3.05) is 6.61 Å². The van der Waals surface area contributed by atoms with Gasteiger partial charge < -0.3 is 20.1 Å². The summed E-state index contributed by atoms with van der Waals surface area (Å²) in [4.78, 5) is 22.5. The van der Waals surface area contributed by atoms with Crippen molar-refractivity contribution in [2.45, 2.75) is 25.2 Å². The molecule has 0 aliphatic heterocycles. The first-order chi connectivity index (χ1) is 7.97. The van der Waals surface area contributed by atoms with Crippen molar-refractivity contribution in [2.24, 2.45) is 0 Å². The summed E-state index contributed by atoms with van der Waals surface area (Å²) in [5.41, 5.74) is -0.0341. The lowest BCUT2D eigenvalue weighted by Gasteiger charge is -2.26. The van der Waals surface area contributed by atoms with Crippen LogP contribution < -0.4 is 0 Å². The van der Waals surface area contributed by atoms with Gasteiger partial charge in [-0.15, -0.1) is 0 Å². The van der Waals surface area contributed by atoms with E-state index in [1.807, 2.05) is 0 Å². The Labute approximate surface area is 97.8 Å². The molecular formula is C11H14O6. The number of carbonyl (C=O) groups is 2. The van der Waals surface area contributed by atoms with E-state index in [9.17, 15) is 24.9 Å². The maximum Gasteiger partial charge on any atom is 0.330 e. The smallest absolute Gasteiger partial charge is 0.330 e. The van der Waals surface area contributed by atoms with E-state index in [4.69, 9.17) is 4.74 Å². The van der Waals surface area contributed by atoms with Gasteiger partial charge in [0, 0.05) is 11.6 Å². The quantitative estimate of drug-likeness (QED) is 0.419. The summed E-state index contributed by atoms with van der Waals surface area (Å²) in [6.07, 6.45) is -0.855. The van der Waals surface area contributed by atoms with Crippen molar-refractivity contribution < 1.29 is 29.6 Å². The summed E-state index contributed by atoms with van der Waals surface area (Å²) in [5.74, 6) is -1.38. The van der Waals surface area contributed by atoms with Gasteiger partial charge in [-0.2, -0.15) is 0 Å². The monoisotopic (exact) mass is 242 g/mol. The lowest BCUT2D eigenvalue weighted by Crippen LogP contribution is -2.46. The number of hydrogen-bond donors (Lipinski definition) is 3. The minimum Gasteiger partial charge on any atom is -0.458 e. The average molecular weight is 242 g/mol. The van der Waals surface area contributed by atoms with E-state index in [2.05, 4.69) is 0 Å². The van der Waals surface area contributed by atoms with Crippen LogP contribution in [0.4, 0.5) is 0 Å². The van der Waals surface area contributed by atoms with Crippen molar-refractivity contribution >= 4 is 11.8 Å². The highest BCUT2D eigenvalue weighted by molar-refractivity contribution is 6.00. The molecule has 0 fully saturated rings. The van der Waals surface area contributed by atoms with Crippen molar-refractivity contribution in [1.29, 1.82) is 0 Å². The number of aliphatic hydroxyl groups excluding tert-OH is 3. The summed E-state index contributed by atoms with van der Waals surface area (Å²) in [6, 6.07) is 0. The van der Waals surface area contributed by atoms with E-state index < -0.39 is 30.1 Å². The molecule has 0 saturated heterocycles. The molecule has 94 valence electrons. The molecule has 6 heteroatoms. The Morgan fingerprint density at radius 2 is 2.12 bits per heavy atom. The Morgan fingerprint density at radius 3 is 2.71 bits per heavy atom. The molecule has 1 aliphatic rings.